The number of aromatic nitrogens is 1. The van der Waals surface area contributed by atoms with Gasteiger partial charge in [0.1, 0.15) is 0 Å². The molecule has 1 heterocycles. The standard InChI is InChI=1S/C13H17NO/c1-11-10-14(8-5-9-15-2)13-7-4-3-6-12(11)13/h3-4,6-7,10H,5,8-9H2,1-2H3. The summed E-state index contributed by atoms with van der Waals surface area (Å²) in [6.45, 7) is 4.02. The molecule has 0 aliphatic carbocycles. The van der Waals surface area contributed by atoms with E-state index < -0.39 is 0 Å². The summed E-state index contributed by atoms with van der Waals surface area (Å²) in [6, 6.07) is 8.54. The lowest BCUT2D eigenvalue weighted by Crippen LogP contribution is -1.99. The maximum Gasteiger partial charge on any atom is 0.0483 e. The van der Waals surface area contributed by atoms with E-state index in [9.17, 15) is 0 Å². The van der Waals surface area contributed by atoms with Gasteiger partial charge in [0.25, 0.3) is 0 Å². The summed E-state index contributed by atoms with van der Waals surface area (Å²) in [5.41, 5.74) is 2.68. The number of para-hydroxylation sites is 1. The van der Waals surface area contributed by atoms with Gasteiger partial charge in [0.05, 0.1) is 0 Å². The maximum absolute atomic E-state index is 5.07. The lowest BCUT2D eigenvalue weighted by atomic mass is 10.2. The Balaban J connectivity index is 2.27. The molecule has 0 saturated heterocycles. The molecular weight excluding hydrogens is 186 g/mol. The summed E-state index contributed by atoms with van der Waals surface area (Å²) in [6.07, 6.45) is 3.29. The average molecular weight is 203 g/mol. The maximum atomic E-state index is 5.07. The number of ether oxygens (including phenoxy) is 1. The van der Waals surface area contributed by atoms with Gasteiger partial charge in [0.2, 0.25) is 0 Å². The first-order chi connectivity index (χ1) is 7.33. The first-order valence-corrected chi connectivity index (χ1v) is 5.36. The van der Waals surface area contributed by atoms with E-state index in [2.05, 4.69) is 42.0 Å². The fraction of sp³-hybridized carbons (Fsp3) is 0.385. The fourth-order valence-corrected chi connectivity index (χ4v) is 1.99. The van der Waals surface area contributed by atoms with Crippen molar-refractivity contribution in [2.24, 2.45) is 0 Å². The number of fused-ring (bicyclic) bond motifs is 1. The molecule has 0 fully saturated rings. The van der Waals surface area contributed by atoms with Crippen LogP contribution in [-0.4, -0.2) is 18.3 Å². The van der Waals surface area contributed by atoms with E-state index in [4.69, 9.17) is 4.74 Å². The van der Waals surface area contributed by atoms with Crippen molar-refractivity contribution >= 4 is 10.9 Å². The summed E-state index contributed by atoms with van der Waals surface area (Å²) in [4.78, 5) is 0. The SMILES string of the molecule is COCCCn1cc(C)c2ccccc21. The summed E-state index contributed by atoms with van der Waals surface area (Å²) in [5, 5.41) is 1.36. The van der Waals surface area contributed by atoms with Gasteiger partial charge in [0, 0.05) is 37.4 Å². The van der Waals surface area contributed by atoms with Crippen molar-refractivity contribution in [3.05, 3.63) is 36.0 Å². The summed E-state index contributed by atoms with van der Waals surface area (Å²) < 4.78 is 7.38. The van der Waals surface area contributed by atoms with E-state index in [-0.39, 0.29) is 0 Å². The number of hydrogen-bond donors (Lipinski definition) is 0. The number of rotatable bonds is 4. The van der Waals surface area contributed by atoms with Crippen molar-refractivity contribution in [2.45, 2.75) is 19.9 Å². The van der Waals surface area contributed by atoms with E-state index in [0.29, 0.717) is 0 Å². The molecule has 15 heavy (non-hydrogen) atoms. The summed E-state index contributed by atoms with van der Waals surface area (Å²) >= 11 is 0. The highest BCUT2D eigenvalue weighted by molar-refractivity contribution is 5.83. The molecule has 0 N–H and O–H groups in total. The Labute approximate surface area is 90.5 Å². The van der Waals surface area contributed by atoms with Crippen LogP contribution in [0.2, 0.25) is 0 Å². The van der Waals surface area contributed by atoms with Crippen molar-refractivity contribution in [1.29, 1.82) is 0 Å². The first kappa shape index (κ1) is 10.2. The summed E-state index contributed by atoms with van der Waals surface area (Å²) in [5.74, 6) is 0. The molecule has 80 valence electrons. The second-order valence-electron chi connectivity index (χ2n) is 3.87. The van der Waals surface area contributed by atoms with Crippen LogP contribution in [0.25, 0.3) is 10.9 Å². The predicted molar refractivity (Wildman–Crippen MR) is 63.2 cm³/mol. The van der Waals surface area contributed by atoms with Gasteiger partial charge in [-0.1, -0.05) is 18.2 Å². The monoisotopic (exact) mass is 203 g/mol. The van der Waals surface area contributed by atoms with Crippen molar-refractivity contribution < 1.29 is 4.74 Å². The van der Waals surface area contributed by atoms with Crippen molar-refractivity contribution in [3.8, 4) is 0 Å². The largest absolute Gasteiger partial charge is 0.385 e. The molecule has 0 radical (unpaired) electrons. The quantitative estimate of drug-likeness (QED) is 0.697. The van der Waals surface area contributed by atoms with E-state index in [1.54, 1.807) is 7.11 Å². The number of nitrogens with zero attached hydrogens (tertiary/aromatic N) is 1. The van der Waals surface area contributed by atoms with Crippen LogP contribution in [0.4, 0.5) is 0 Å². The predicted octanol–water partition coefficient (Wildman–Crippen LogP) is 2.99. The molecule has 0 bridgehead atoms. The van der Waals surface area contributed by atoms with Crippen LogP contribution in [0, 0.1) is 6.92 Å². The van der Waals surface area contributed by atoms with Gasteiger partial charge in [-0.25, -0.2) is 0 Å². The molecule has 0 aliphatic rings. The number of methoxy groups -OCH3 is 1. The molecule has 0 aliphatic heterocycles. The minimum Gasteiger partial charge on any atom is -0.385 e. The third kappa shape index (κ3) is 2.05. The van der Waals surface area contributed by atoms with E-state index in [0.717, 1.165) is 19.6 Å². The molecule has 0 amide bonds. The highest BCUT2D eigenvalue weighted by Gasteiger charge is 2.03. The van der Waals surface area contributed by atoms with Crippen LogP contribution in [0.15, 0.2) is 30.5 Å². The second kappa shape index (κ2) is 4.49. The van der Waals surface area contributed by atoms with Crippen LogP contribution in [0.1, 0.15) is 12.0 Å². The zero-order chi connectivity index (χ0) is 10.7. The zero-order valence-electron chi connectivity index (χ0n) is 9.36. The van der Waals surface area contributed by atoms with Gasteiger partial charge in [-0.3, -0.25) is 0 Å². The third-order valence-corrected chi connectivity index (χ3v) is 2.74. The number of benzene rings is 1. The molecule has 0 atom stereocenters. The Morgan fingerprint density at radius 2 is 2.07 bits per heavy atom. The Morgan fingerprint density at radius 1 is 1.27 bits per heavy atom. The lowest BCUT2D eigenvalue weighted by Gasteiger charge is -2.04. The average Bonchev–Trinajstić information content (AvgIpc) is 2.58. The Bertz CT molecular complexity index is 445. The molecule has 1 aromatic carbocycles. The molecule has 2 aromatic rings. The van der Waals surface area contributed by atoms with Gasteiger partial charge < -0.3 is 9.30 Å². The van der Waals surface area contributed by atoms with Crippen LogP contribution in [0.5, 0.6) is 0 Å². The highest BCUT2D eigenvalue weighted by Crippen LogP contribution is 2.20. The molecule has 2 rings (SSSR count). The fourth-order valence-electron chi connectivity index (χ4n) is 1.99. The van der Waals surface area contributed by atoms with Crippen LogP contribution in [-0.2, 0) is 11.3 Å². The van der Waals surface area contributed by atoms with Gasteiger partial charge in [-0.2, -0.15) is 0 Å². The minimum absolute atomic E-state index is 0.825. The normalized spacial score (nSPS) is 11.1. The number of aryl methyl sites for hydroxylation is 2. The van der Waals surface area contributed by atoms with Gasteiger partial charge in [-0.05, 0) is 25.0 Å². The molecule has 0 saturated carbocycles. The molecule has 0 spiro atoms. The van der Waals surface area contributed by atoms with Crippen LogP contribution < -0.4 is 0 Å². The number of hydrogen-bond acceptors (Lipinski definition) is 1. The molecule has 2 heteroatoms. The Morgan fingerprint density at radius 3 is 2.87 bits per heavy atom. The van der Waals surface area contributed by atoms with Crippen molar-refractivity contribution in [2.75, 3.05) is 13.7 Å². The minimum atomic E-state index is 0.825. The van der Waals surface area contributed by atoms with Gasteiger partial charge >= 0.3 is 0 Å². The zero-order valence-corrected chi connectivity index (χ0v) is 9.36. The Kier molecular flexibility index (Phi) is 3.07. The second-order valence-corrected chi connectivity index (χ2v) is 3.87. The first-order valence-electron chi connectivity index (χ1n) is 5.36. The molecule has 1 aromatic heterocycles. The van der Waals surface area contributed by atoms with E-state index in [1.807, 2.05) is 0 Å². The van der Waals surface area contributed by atoms with Crippen LogP contribution >= 0.6 is 0 Å². The highest BCUT2D eigenvalue weighted by atomic mass is 16.5. The topological polar surface area (TPSA) is 14.2 Å². The van der Waals surface area contributed by atoms with Crippen molar-refractivity contribution in [3.63, 3.8) is 0 Å². The molecular formula is C13H17NO. The van der Waals surface area contributed by atoms with E-state index in [1.165, 1.54) is 16.5 Å². The smallest absolute Gasteiger partial charge is 0.0483 e. The van der Waals surface area contributed by atoms with Crippen molar-refractivity contribution in [1.82, 2.24) is 4.57 Å². The Hall–Kier alpha value is -1.28. The molecule has 2 nitrogen and oxygen atoms in total. The third-order valence-electron chi connectivity index (χ3n) is 2.74. The lowest BCUT2D eigenvalue weighted by molar-refractivity contribution is 0.190. The van der Waals surface area contributed by atoms with Gasteiger partial charge in [-0.15, -0.1) is 0 Å². The molecule has 0 unspecified atom stereocenters. The summed E-state index contributed by atoms with van der Waals surface area (Å²) in [7, 11) is 1.75. The van der Waals surface area contributed by atoms with Gasteiger partial charge in [0.15, 0.2) is 0 Å². The van der Waals surface area contributed by atoms with E-state index >= 15 is 0 Å². The van der Waals surface area contributed by atoms with Crippen LogP contribution in [0.3, 0.4) is 0 Å².